The Balaban J connectivity index is 1.33. The third-order valence-electron chi connectivity index (χ3n) is 6.18. The highest BCUT2D eigenvalue weighted by Gasteiger charge is 2.42. The number of nitrogens with zero attached hydrogens (tertiary/aromatic N) is 3. The van der Waals surface area contributed by atoms with Gasteiger partial charge in [-0.05, 0) is 50.4 Å². The maximum Gasteiger partial charge on any atom is 0.317 e. The van der Waals surface area contributed by atoms with Crippen LogP contribution in [-0.2, 0) is 13.1 Å². The summed E-state index contributed by atoms with van der Waals surface area (Å²) in [5.74, 6) is 0.471. The maximum absolute atomic E-state index is 12.8. The fourth-order valence-corrected chi connectivity index (χ4v) is 5.09. The summed E-state index contributed by atoms with van der Waals surface area (Å²) >= 11 is 12.2. The van der Waals surface area contributed by atoms with E-state index in [4.69, 9.17) is 23.2 Å². The summed E-state index contributed by atoms with van der Waals surface area (Å²) in [6.07, 6.45) is 3.19. The number of aromatic nitrogens is 2. The van der Waals surface area contributed by atoms with E-state index in [0.717, 1.165) is 57.5 Å². The van der Waals surface area contributed by atoms with Crippen molar-refractivity contribution in [3.63, 3.8) is 0 Å². The van der Waals surface area contributed by atoms with Crippen molar-refractivity contribution in [1.29, 1.82) is 0 Å². The number of hydrogen-bond acceptors (Lipinski definition) is 4. The predicted octanol–water partition coefficient (Wildman–Crippen LogP) is 3.58. The number of likely N-dealkylation sites (tertiary alicyclic amines) is 2. The number of halogens is 2. The molecule has 2 aromatic rings. The smallest absolute Gasteiger partial charge is 0.317 e. The maximum atomic E-state index is 12.8. The molecule has 0 aliphatic carbocycles. The predicted molar refractivity (Wildman–Crippen MR) is 121 cm³/mol. The second-order valence-electron chi connectivity index (χ2n) is 8.73. The minimum absolute atomic E-state index is 0.105. The molecule has 1 aromatic heterocycles. The number of carbonyl (C=O) groups is 1. The molecule has 1 atom stereocenters. The quantitative estimate of drug-likeness (QED) is 0.725. The van der Waals surface area contributed by atoms with Gasteiger partial charge < -0.3 is 15.2 Å². The molecule has 2 saturated heterocycles. The molecule has 9 heteroatoms. The Hall–Kier alpha value is -2.09. The molecule has 4 rings (SSSR count). The van der Waals surface area contributed by atoms with Crippen molar-refractivity contribution in [3.05, 3.63) is 61.7 Å². The van der Waals surface area contributed by atoms with Crippen LogP contribution in [0.25, 0.3) is 0 Å². The van der Waals surface area contributed by atoms with Crippen LogP contribution in [0.2, 0.25) is 10.0 Å². The average Bonchev–Trinajstić information content (AvgIpc) is 3.09. The molecule has 1 spiro atoms. The Bertz CT molecular complexity index is 1030. The molecule has 1 unspecified atom stereocenters. The Morgan fingerprint density at radius 1 is 1.19 bits per heavy atom. The fourth-order valence-electron chi connectivity index (χ4n) is 4.77. The first kappa shape index (κ1) is 22.1. The first-order chi connectivity index (χ1) is 14.8. The lowest BCUT2D eigenvalue weighted by atomic mass is 9.79. The zero-order valence-corrected chi connectivity index (χ0v) is 19.1. The monoisotopic (exact) mass is 463 g/mol. The average molecular weight is 464 g/mol. The summed E-state index contributed by atoms with van der Waals surface area (Å²) in [4.78, 5) is 35.6. The van der Waals surface area contributed by atoms with Crippen LogP contribution in [0, 0.1) is 12.3 Å². The SMILES string of the molecule is Cc1cc(=O)[nH]c(CNC(=O)N2CCCC3(CCN(Cc4ccc(Cl)c(Cl)c4)C3)C2)n1. The van der Waals surface area contributed by atoms with Gasteiger partial charge in [0.25, 0.3) is 5.56 Å². The minimum atomic E-state index is -0.207. The van der Waals surface area contributed by atoms with E-state index in [0.29, 0.717) is 21.6 Å². The van der Waals surface area contributed by atoms with Crippen LogP contribution in [-0.4, -0.2) is 52.0 Å². The van der Waals surface area contributed by atoms with Gasteiger partial charge in [0.15, 0.2) is 0 Å². The standard InChI is InChI=1S/C22H27Cl2N5O2/c1-15-9-20(30)27-19(26-15)11-25-21(31)29-7-2-5-22(14-29)6-8-28(13-22)12-16-3-4-17(23)18(24)10-16/h3-4,9-10H,2,5-8,11-14H2,1H3,(H,25,31)(H,26,27,30). The number of urea groups is 1. The number of aryl methyl sites for hydroxylation is 1. The number of hydrogen-bond donors (Lipinski definition) is 2. The van der Waals surface area contributed by atoms with Crippen molar-refractivity contribution in [1.82, 2.24) is 25.1 Å². The minimum Gasteiger partial charge on any atom is -0.331 e. The van der Waals surface area contributed by atoms with Gasteiger partial charge >= 0.3 is 6.03 Å². The van der Waals surface area contributed by atoms with Crippen molar-refractivity contribution in [3.8, 4) is 0 Å². The number of H-pyrrole nitrogens is 1. The van der Waals surface area contributed by atoms with Crippen LogP contribution in [0.3, 0.4) is 0 Å². The normalized spacial score (nSPS) is 21.6. The first-order valence-corrected chi connectivity index (χ1v) is 11.3. The molecule has 0 radical (unpaired) electrons. The second kappa shape index (κ2) is 9.18. The topological polar surface area (TPSA) is 81.3 Å². The van der Waals surface area contributed by atoms with Crippen LogP contribution >= 0.6 is 23.2 Å². The molecule has 1 aromatic carbocycles. The van der Waals surface area contributed by atoms with Crippen LogP contribution in [0.5, 0.6) is 0 Å². The van der Waals surface area contributed by atoms with Crippen molar-refractivity contribution < 1.29 is 4.79 Å². The number of nitrogens with one attached hydrogen (secondary N) is 2. The number of carbonyl (C=O) groups excluding carboxylic acids is 1. The number of benzene rings is 1. The molecule has 3 heterocycles. The molecular formula is C22H27Cl2N5O2. The van der Waals surface area contributed by atoms with E-state index in [1.165, 1.54) is 6.07 Å². The van der Waals surface area contributed by atoms with Crippen molar-refractivity contribution in [2.45, 2.75) is 39.3 Å². The zero-order valence-electron chi connectivity index (χ0n) is 17.6. The van der Waals surface area contributed by atoms with E-state index in [1.807, 2.05) is 23.1 Å². The Labute approximate surface area is 191 Å². The van der Waals surface area contributed by atoms with Crippen molar-refractivity contribution in [2.24, 2.45) is 5.41 Å². The Morgan fingerprint density at radius 2 is 2.03 bits per heavy atom. The Kier molecular flexibility index (Phi) is 6.55. The van der Waals surface area contributed by atoms with E-state index >= 15 is 0 Å². The summed E-state index contributed by atoms with van der Waals surface area (Å²) in [6, 6.07) is 7.12. The summed E-state index contributed by atoms with van der Waals surface area (Å²) < 4.78 is 0. The number of piperidine rings is 1. The third-order valence-corrected chi connectivity index (χ3v) is 6.92. The van der Waals surface area contributed by atoms with Gasteiger partial charge in [0.2, 0.25) is 0 Å². The van der Waals surface area contributed by atoms with Gasteiger partial charge in [-0.25, -0.2) is 9.78 Å². The lowest BCUT2D eigenvalue weighted by Gasteiger charge is -2.40. The van der Waals surface area contributed by atoms with Crippen molar-refractivity contribution in [2.75, 3.05) is 26.2 Å². The summed E-state index contributed by atoms with van der Waals surface area (Å²) in [5.41, 5.74) is 1.71. The molecule has 2 fully saturated rings. The molecule has 7 nitrogen and oxygen atoms in total. The van der Waals surface area contributed by atoms with Crippen LogP contribution in [0.4, 0.5) is 4.79 Å². The third kappa shape index (κ3) is 5.40. The highest BCUT2D eigenvalue weighted by molar-refractivity contribution is 6.42. The van der Waals surface area contributed by atoms with Crippen molar-refractivity contribution >= 4 is 29.2 Å². The number of amides is 2. The van der Waals surface area contributed by atoms with E-state index in [-0.39, 0.29) is 23.6 Å². The molecule has 2 N–H and O–H groups in total. The van der Waals surface area contributed by atoms with Gasteiger partial charge in [-0.3, -0.25) is 9.69 Å². The molecule has 2 aliphatic rings. The van der Waals surface area contributed by atoms with E-state index in [1.54, 1.807) is 6.92 Å². The van der Waals surface area contributed by atoms with Gasteiger partial charge in [-0.2, -0.15) is 0 Å². The van der Waals surface area contributed by atoms with E-state index in [9.17, 15) is 9.59 Å². The lowest BCUT2D eigenvalue weighted by Crippen LogP contribution is -2.50. The first-order valence-electron chi connectivity index (χ1n) is 10.6. The second-order valence-corrected chi connectivity index (χ2v) is 9.54. The molecule has 0 saturated carbocycles. The van der Waals surface area contributed by atoms with Gasteiger partial charge in [0, 0.05) is 43.4 Å². The highest BCUT2D eigenvalue weighted by atomic mass is 35.5. The molecular weight excluding hydrogens is 437 g/mol. The molecule has 166 valence electrons. The highest BCUT2D eigenvalue weighted by Crippen LogP contribution is 2.39. The van der Waals surface area contributed by atoms with Gasteiger partial charge in [0.05, 0.1) is 16.6 Å². The lowest BCUT2D eigenvalue weighted by molar-refractivity contribution is 0.107. The molecule has 31 heavy (non-hydrogen) atoms. The van der Waals surface area contributed by atoms with Gasteiger partial charge in [-0.1, -0.05) is 29.3 Å². The Morgan fingerprint density at radius 3 is 2.81 bits per heavy atom. The van der Waals surface area contributed by atoms with Crippen LogP contribution in [0.15, 0.2) is 29.1 Å². The van der Waals surface area contributed by atoms with Crippen LogP contribution < -0.4 is 10.9 Å². The zero-order chi connectivity index (χ0) is 22.0. The molecule has 0 bridgehead atoms. The number of aromatic amines is 1. The summed E-state index contributed by atoms with van der Waals surface area (Å²) in [5, 5.41) is 4.06. The van der Waals surface area contributed by atoms with E-state index < -0.39 is 0 Å². The van der Waals surface area contributed by atoms with Gasteiger partial charge in [-0.15, -0.1) is 0 Å². The largest absolute Gasteiger partial charge is 0.331 e. The fraction of sp³-hybridized carbons (Fsp3) is 0.500. The number of rotatable bonds is 4. The summed E-state index contributed by atoms with van der Waals surface area (Å²) in [6.45, 7) is 6.26. The molecule has 2 aliphatic heterocycles. The van der Waals surface area contributed by atoms with Gasteiger partial charge in [0.1, 0.15) is 5.82 Å². The van der Waals surface area contributed by atoms with Crippen LogP contribution in [0.1, 0.15) is 36.3 Å². The molecule has 2 amide bonds. The van der Waals surface area contributed by atoms with E-state index in [2.05, 4.69) is 20.2 Å². The summed E-state index contributed by atoms with van der Waals surface area (Å²) in [7, 11) is 0.